The maximum atomic E-state index is 10.5. The Morgan fingerprint density at radius 3 is 1.70 bits per heavy atom. The molecule has 47 heavy (non-hydrogen) atoms. The highest BCUT2D eigenvalue weighted by Crippen LogP contribution is 2.22. The van der Waals surface area contributed by atoms with Gasteiger partial charge in [0, 0.05) is 0 Å². The highest BCUT2D eigenvalue weighted by Gasteiger charge is 2.25. The first kappa shape index (κ1) is 41.0. The number of aliphatic hydroxyl groups is 2. The van der Waals surface area contributed by atoms with Crippen LogP contribution in [0.3, 0.4) is 0 Å². The molecule has 2 N–H and O–H groups in total. The van der Waals surface area contributed by atoms with Crippen molar-refractivity contribution in [3.63, 3.8) is 0 Å². The van der Waals surface area contributed by atoms with Crippen LogP contribution in [0.2, 0.25) is 0 Å². The summed E-state index contributed by atoms with van der Waals surface area (Å²) in [6.45, 7) is 7.63. The van der Waals surface area contributed by atoms with Crippen molar-refractivity contribution in [1.82, 2.24) is 0 Å². The van der Waals surface area contributed by atoms with Crippen molar-refractivity contribution >= 4 is 0 Å². The van der Waals surface area contributed by atoms with Gasteiger partial charge in [0.25, 0.3) is 0 Å². The summed E-state index contributed by atoms with van der Waals surface area (Å²) in [6.07, 6.45) is 18.6. The van der Waals surface area contributed by atoms with Crippen LogP contribution < -0.4 is 0 Å². The average Bonchev–Trinajstić information content (AvgIpc) is 3.34. The van der Waals surface area contributed by atoms with E-state index in [-0.39, 0.29) is 56.4 Å². The molecule has 2 saturated carbocycles. The maximum absolute atomic E-state index is 10.5. The second kappa shape index (κ2) is 26.4. The fraction of sp³-hybridized carbons (Fsp3) is 1.00. The summed E-state index contributed by atoms with van der Waals surface area (Å²) >= 11 is 0. The molecule has 1 aliphatic heterocycles. The number of rotatable bonds is 24. The van der Waals surface area contributed by atoms with E-state index in [0.717, 1.165) is 38.5 Å². The molecular formula is C37H70O10. The molecule has 0 aromatic heterocycles. The van der Waals surface area contributed by atoms with Crippen molar-refractivity contribution in [3.8, 4) is 0 Å². The molecule has 0 bridgehead atoms. The van der Waals surface area contributed by atoms with Gasteiger partial charge in [-0.15, -0.1) is 0 Å². The van der Waals surface area contributed by atoms with Crippen molar-refractivity contribution in [3.05, 3.63) is 0 Å². The van der Waals surface area contributed by atoms with E-state index >= 15 is 0 Å². The van der Waals surface area contributed by atoms with Crippen LogP contribution in [-0.4, -0.2) is 125 Å². The van der Waals surface area contributed by atoms with Gasteiger partial charge in [0.15, 0.2) is 0 Å². The summed E-state index contributed by atoms with van der Waals surface area (Å²) in [6, 6.07) is 0. The van der Waals surface area contributed by atoms with Gasteiger partial charge in [-0.1, -0.05) is 84.5 Å². The van der Waals surface area contributed by atoms with Crippen LogP contribution in [0, 0.1) is 0 Å². The fourth-order valence-electron chi connectivity index (χ4n) is 6.57. The van der Waals surface area contributed by atoms with Gasteiger partial charge in [-0.3, -0.25) is 0 Å². The third-order valence-electron chi connectivity index (χ3n) is 9.49. The summed E-state index contributed by atoms with van der Waals surface area (Å²) < 4.78 is 47.9. The van der Waals surface area contributed by atoms with E-state index in [9.17, 15) is 10.2 Å². The first-order valence-electron chi connectivity index (χ1n) is 19.3. The number of hydrogen-bond donors (Lipinski definition) is 2. The molecule has 3 aliphatic rings. The number of aliphatic hydroxyl groups excluding tert-OH is 2. The molecule has 278 valence electrons. The zero-order chi connectivity index (χ0) is 33.4. The lowest BCUT2D eigenvalue weighted by Gasteiger charge is -2.30. The summed E-state index contributed by atoms with van der Waals surface area (Å²) in [5.74, 6) is 0. The minimum Gasteiger partial charge on any atom is -0.388 e. The lowest BCUT2D eigenvalue weighted by Crippen LogP contribution is -2.41. The summed E-state index contributed by atoms with van der Waals surface area (Å²) in [4.78, 5) is 0. The summed E-state index contributed by atoms with van der Waals surface area (Å²) in [7, 11) is 0. The SMILES string of the molecule is CCCCC(CC)OCC1COC(COCC(O)COCC(COCC(O)COC2CCCCCC2)OC2CCCCCCC2)CO1. The molecule has 3 fully saturated rings. The Morgan fingerprint density at radius 1 is 0.596 bits per heavy atom. The van der Waals surface area contributed by atoms with Gasteiger partial charge in [-0.25, -0.2) is 0 Å². The zero-order valence-electron chi connectivity index (χ0n) is 29.9. The molecule has 1 saturated heterocycles. The molecule has 10 nitrogen and oxygen atoms in total. The van der Waals surface area contributed by atoms with E-state index in [1.807, 2.05) is 0 Å². The Balaban J connectivity index is 1.29. The Labute approximate surface area is 285 Å². The highest BCUT2D eigenvalue weighted by molar-refractivity contribution is 4.71. The van der Waals surface area contributed by atoms with Gasteiger partial charge >= 0.3 is 0 Å². The Hall–Kier alpha value is -0.400. The third kappa shape index (κ3) is 19.5. The smallest absolute Gasteiger partial charge is 0.104 e. The Kier molecular flexibility index (Phi) is 23.1. The van der Waals surface area contributed by atoms with Crippen molar-refractivity contribution in [2.45, 2.75) is 172 Å². The number of hydrogen-bond acceptors (Lipinski definition) is 10. The van der Waals surface area contributed by atoms with E-state index in [2.05, 4.69) is 13.8 Å². The first-order valence-corrected chi connectivity index (χ1v) is 19.3. The quantitative estimate of drug-likeness (QED) is 0.123. The lowest BCUT2D eigenvalue weighted by atomic mass is 9.98. The normalized spacial score (nSPS) is 25.0. The monoisotopic (exact) mass is 674 g/mol. The van der Waals surface area contributed by atoms with Gasteiger partial charge < -0.3 is 48.1 Å². The second-order valence-electron chi connectivity index (χ2n) is 14.0. The van der Waals surface area contributed by atoms with Gasteiger partial charge in [0.1, 0.15) is 30.5 Å². The topological polar surface area (TPSA) is 114 Å². The molecule has 0 radical (unpaired) electrons. The fourth-order valence-corrected chi connectivity index (χ4v) is 6.57. The highest BCUT2D eigenvalue weighted by atomic mass is 16.6. The van der Waals surface area contributed by atoms with Crippen LogP contribution in [0.1, 0.15) is 123 Å². The minimum absolute atomic E-state index is 0.0507. The predicted molar refractivity (Wildman–Crippen MR) is 182 cm³/mol. The van der Waals surface area contributed by atoms with Crippen LogP contribution in [0.5, 0.6) is 0 Å². The van der Waals surface area contributed by atoms with Crippen molar-refractivity contribution in [2.75, 3.05) is 66.1 Å². The van der Waals surface area contributed by atoms with Crippen molar-refractivity contribution in [1.29, 1.82) is 0 Å². The van der Waals surface area contributed by atoms with E-state index in [4.69, 9.17) is 37.9 Å². The lowest BCUT2D eigenvalue weighted by molar-refractivity contribution is -0.175. The largest absolute Gasteiger partial charge is 0.388 e. The summed E-state index contributed by atoms with van der Waals surface area (Å²) in [5.41, 5.74) is 0. The standard InChI is InChI=1S/C37H70O10/c1-3-5-15-32(4-2)44-28-36-29-45-35(27-46-36)24-40-20-30(38)21-41-25-37(47-34-18-13-7-6-8-14-19-34)26-42-22-31(39)23-43-33-16-11-9-10-12-17-33/h30-39H,3-29H2,1-2H3. The van der Waals surface area contributed by atoms with Crippen LogP contribution in [-0.2, 0) is 37.9 Å². The summed E-state index contributed by atoms with van der Waals surface area (Å²) in [5, 5.41) is 21.0. The van der Waals surface area contributed by atoms with Crippen molar-refractivity contribution in [2.24, 2.45) is 0 Å². The van der Waals surface area contributed by atoms with E-state index in [1.54, 1.807) is 0 Å². The van der Waals surface area contributed by atoms with Crippen LogP contribution in [0.4, 0.5) is 0 Å². The molecule has 6 unspecified atom stereocenters. The first-order chi connectivity index (χ1) is 23.1. The maximum Gasteiger partial charge on any atom is 0.104 e. The molecule has 3 rings (SSSR count). The molecule has 6 atom stereocenters. The second-order valence-corrected chi connectivity index (χ2v) is 14.0. The van der Waals surface area contributed by atoms with Gasteiger partial charge in [-0.2, -0.15) is 0 Å². The predicted octanol–water partition coefficient (Wildman–Crippen LogP) is 5.76. The molecule has 0 aromatic rings. The van der Waals surface area contributed by atoms with Gasteiger partial charge in [0.2, 0.25) is 0 Å². The minimum atomic E-state index is -0.763. The molecule has 0 aromatic carbocycles. The number of ether oxygens (including phenoxy) is 8. The molecule has 10 heteroatoms. The zero-order valence-corrected chi connectivity index (χ0v) is 29.9. The Morgan fingerprint density at radius 2 is 1.13 bits per heavy atom. The molecular weight excluding hydrogens is 604 g/mol. The Bertz CT molecular complexity index is 705. The van der Waals surface area contributed by atoms with Gasteiger partial charge in [-0.05, 0) is 38.5 Å². The number of unbranched alkanes of at least 4 members (excludes halogenated alkanes) is 1. The van der Waals surface area contributed by atoms with E-state index in [0.29, 0.717) is 46.2 Å². The van der Waals surface area contributed by atoms with E-state index < -0.39 is 12.2 Å². The van der Waals surface area contributed by atoms with Crippen LogP contribution in [0.25, 0.3) is 0 Å². The van der Waals surface area contributed by atoms with E-state index in [1.165, 1.54) is 70.6 Å². The van der Waals surface area contributed by atoms with Crippen LogP contribution in [0.15, 0.2) is 0 Å². The molecule has 2 aliphatic carbocycles. The molecule has 1 heterocycles. The average molecular weight is 675 g/mol. The molecule has 0 amide bonds. The van der Waals surface area contributed by atoms with Gasteiger partial charge in [0.05, 0.1) is 84.4 Å². The third-order valence-corrected chi connectivity index (χ3v) is 9.49. The van der Waals surface area contributed by atoms with Crippen LogP contribution >= 0.6 is 0 Å². The van der Waals surface area contributed by atoms with Crippen molar-refractivity contribution < 1.29 is 48.1 Å². The molecule has 0 spiro atoms.